The third-order valence-electron chi connectivity index (χ3n) is 7.44. The first-order chi connectivity index (χ1) is 18.9. The van der Waals surface area contributed by atoms with Crippen LogP contribution in [0.3, 0.4) is 0 Å². The first-order valence-electron chi connectivity index (χ1n) is 13.6. The fourth-order valence-corrected chi connectivity index (χ4v) is 5.47. The van der Waals surface area contributed by atoms with E-state index in [1.54, 1.807) is 18.2 Å². The van der Waals surface area contributed by atoms with Gasteiger partial charge in [-0.05, 0) is 79.3 Å². The maximum atomic E-state index is 13.2. The van der Waals surface area contributed by atoms with Gasteiger partial charge in [-0.1, -0.05) is 56.5 Å². The van der Waals surface area contributed by atoms with Crippen LogP contribution in [0.4, 0.5) is 5.69 Å². The molecular formula is C32H34N4O3. The number of aromatic nitrogens is 2. The minimum absolute atomic E-state index is 0.120. The van der Waals surface area contributed by atoms with Crippen molar-refractivity contribution in [1.82, 2.24) is 14.9 Å². The molecule has 7 nitrogen and oxygen atoms in total. The fourth-order valence-electron chi connectivity index (χ4n) is 5.47. The molecule has 1 amide bonds. The molecule has 1 fully saturated rings. The lowest BCUT2D eigenvalue weighted by atomic mass is 9.95. The van der Waals surface area contributed by atoms with E-state index in [0.717, 1.165) is 54.4 Å². The van der Waals surface area contributed by atoms with E-state index in [0.29, 0.717) is 28.2 Å². The van der Waals surface area contributed by atoms with Gasteiger partial charge in [-0.15, -0.1) is 0 Å². The van der Waals surface area contributed by atoms with Gasteiger partial charge in [0.1, 0.15) is 11.3 Å². The van der Waals surface area contributed by atoms with Crippen LogP contribution >= 0.6 is 0 Å². The van der Waals surface area contributed by atoms with Crippen molar-refractivity contribution in [3.05, 3.63) is 83.2 Å². The van der Waals surface area contributed by atoms with Gasteiger partial charge in [0.2, 0.25) is 0 Å². The lowest BCUT2D eigenvalue weighted by Gasteiger charge is -2.22. The summed E-state index contributed by atoms with van der Waals surface area (Å²) in [4.78, 5) is 29.9. The zero-order valence-electron chi connectivity index (χ0n) is 22.4. The first-order valence-corrected chi connectivity index (χ1v) is 13.6. The average molecular weight is 523 g/mol. The highest BCUT2D eigenvalue weighted by atomic mass is 16.4. The minimum Gasteiger partial charge on any atom is -0.478 e. The van der Waals surface area contributed by atoms with E-state index in [-0.39, 0.29) is 17.5 Å². The van der Waals surface area contributed by atoms with Gasteiger partial charge in [0.25, 0.3) is 5.91 Å². The van der Waals surface area contributed by atoms with E-state index in [4.69, 9.17) is 10.7 Å². The molecule has 0 atom stereocenters. The Hall–Kier alpha value is -4.39. The molecule has 200 valence electrons. The number of aromatic carboxylic acids is 1. The molecule has 7 heteroatoms. The van der Waals surface area contributed by atoms with Crippen molar-refractivity contribution in [2.24, 2.45) is 0 Å². The Labute approximate surface area is 228 Å². The SMILES string of the molecule is CCC=Cc1nc2c(N)cc(C(=O)NC3CCCCC3)cc2n1-c1ccc(-c2ccccc2C(=O)O)c(C)c1. The number of nitrogens with one attached hydrogen (secondary N) is 1. The average Bonchev–Trinajstić information content (AvgIpc) is 3.31. The lowest BCUT2D eigenvalue weighted by molar-refractivity contribution is 0.0697. The van der Waals surface area contributed by atoms with Gasteiger partial charge in [-0.25, -0.2) is 9.78 Å². The Morgan fingerprint density at radius 1 is 1.08 bits per heavy atom. The third kappa shape index (κ3) is 5.30. The van der Waals surface area contributed by atoms with E-state index in [1.807, 2.05) is 60.0 Å². The molecule has 5 rings (SSSR count). The number of rotatable bonds is 7. The van der Waals surface area contributed by atoms with Crippen molar-refractivity contribution < 1.29 is 14.7 Å². The second-order valence-corrected chi connectivity index (χ2v) is 10.2. The highest BCUT2D eigenvalue weighted by molar-refractivity contribution is 6.02. The van der Waals surface area contributed by atoms with E-state index in [1.165, 1.54) is 6.42 Å². The predicted octanol–water partition coefficient (Wildman–Crippen LogP) is 6.77. The van der Waals surface area contributed by atoms with Gasteiger partial charge in [0.15, 0.2) is 0 Å². The molecule has 4 N–H and O–H groups in total. The van der Waals surface area contributed by atoms with Gasteiger partial charge in [0.05, 0.1) is 16.8 Å². The van der Waals surface area contributed by atoms with E-state index >= 15 is 0 Å². The number of carbonyl (C=O) groups is 2. The highest BCUT2D eigenvalue weighted by Crippen LogP contribution is 2.32. The number of allylic oxidation sites excluding steroid dienone is 1. The number of nitrogens with zero attached hydrogens (tertiary/aromatic N) is 2. The quantitative estimate of drug-likeness (QED) is 0.232. The number of nitrogen functional groups attached to an aromatic ring is 1. The maximum Gasteiger partial charge on any atom is 0.336 e. The number of hydrogen-bond donors (Lipinski definition) is 3. The summed E-state index contributed by atoms with van der Waals surface area (Å²) < 4.78 is 2.01. The van der Waals surface area contributed by atoms with Crippen LogP contribution in [0.5, 0.6) is 0 Å². The Bertz CT molecular complexity index is 1580. The normalized spacial score (nSPS) is 14.2. The lowest BCUT2D eigenvalue weighted by Crippen LogP contribution is -2.36. The summed E-state index contributed by atoms with van der Waals surface area (Å²) in [5, 5.41) is 12.9. The van der Waals surface area contributed by atoms with Crippen molar-refractivity contribution in [2.45, 2.75) is 58.4 Å². The summed E-state index contributed by atoms with van der Waals surface area (Å²) in [5.74, 6) is -0.372. The van der Waals surface area contributed by atoms with Gasteiger partial charge < -0.3 is 16.2 Å². The Morgan fingerprint density at radius 3 is 2.56 bits per heavy atom. The minimum atomic E-state index is -0.962. The molecule has 0 radical (unpaired) electrons. The standard InChI is InChI=1S/C32H34N4O3/c1-3-4-14-29-35-30-27(33)18-21(31(37)34-22-10-6-5-7-11-22)19-28(30)36(29)23-15-16-24(20(2)17-23)25-12-8-9-13-26(25)32(38)39/h4,8-9,12-19,22H,3,5-7,10-11,33H2,1-2H3,(H,34,37)(H,38,39). The number of carboxylic acid groups (broad SMARTS) is 1. The summed E-state index contributed by atoms with van der Waals surface area (Å²) in [6.07, 6.45) is 10.3. The van der Waals surface area contributed by atoms with Crippen molar-refractivity contribution in [3.63, 3.8) is 0 Å². The molecule has 0 bridgehead atoms. The summed E-state index contributed by atoms with van der Waals surface area (Å²) >= 11 is 0. The molecule has 0 aliphatic heterocycles. The van der Waals surface area contributed by atoms with Crippen molar-refractivity contribution in [2.75, 3.05) is 5.73 Å². The van der Waals surface area contributed by atoms with Crippen molar-refractivity contribution in [1.29, 1.82) is 0 Å². The monoisotopic (exact) mass is 522 g/mol. The van der Waals surface area contributed by atoms with Crippen LogP contribution in [0.25, 0.3) is 33.9 Å². The topological polar surface area (TPSA) is 110 Å². The van der Waals surface area contributed by atoms with Gasteiger partial charge in [0, 0.05) is 17.3 Å². The first kappa shape index (κ1) is 26.2. The number of carbonyl (C=O) groups excluding carboxylic acids is 1. The summed E-state index contributed by atoms with van der Waals surface area (Å²) in [6.45, 7) is 4.03. The van der Waals surface area contributed by atoms with Crippen LogP contribution in [0.15, 0.2) is 60.7 Å². The molecule has 1 aliphatic rings. The van der Waals surface area contributed by atoms with Gasteiger partial charge in [-0.3, -0.25) is 9.36 Å². The second kappa shape index (κ2) is 11.2. The molecule has 39 heavy (non-hydrogen) atoms. The number of carboxylic acids is 1. The molecule has 4 aromatic rings. The number of hydrogen-bond acceptors (Lipinski definition) is 4. The largest absolute Gasteiger partial charge is 0.478 e. The second-order valence-electron chi connectivity index (χ2n) is 10.2. The summed E-state index contributed by atoms with van der Waals surface area (Å²) in [7, 11) is 0. The number of amides is 1. The van der Waals surface area contributed by atoms with Crippen molar-refractivity contribution in [3.8, 4) is 16.8 Å². The molecule has 1 aromatic heterocycles. The molecular weight excluding hydrogens is 488 g/mol. The Kier molecular flexibility index (Phi) is 7.50. The number of aryl methyl sites for hydroxylation is 1. The molecule has 1 saturated carbocycles. The van der Waals surface area contributed by atoms with E-state index < -0.39 is 5.97 Å². The molecule has 0 saturated heterocycles. The smallest absolute Gasteiger partial charge is 0.336 e. The van der Waals surface area contributed by atoms with Crippen LogP contribution in [0, 0.1) is 6.92 Å². The Balaban J connectivity index is 1.61. The molecule has 1 aliphatic carbocycles. The van der Waals surface area contributed by atoms with Gasteiger partial charge >= 0.3 is 5.97 Å². The summed E-state index contributed by atoms with van der Waals surface area (Å²) in [5.41, 5.74) is 12.4. The van der Waals surface area contributed by atoms with Crippen LogP contribution < -0.4 is 11.1 Å². The van der Waals surface area contributed by atoms with Crippen molar-refractivity contribution >= 4 is 34.7 Å². The summed E-state index contributed by atoms with van der Waals surface area (Å²) in [6, 6.07) is 16.7. The van der Waals surface area contributed by atoms with E-state index in [2.05, 4.69) is 12.2 Å². The van der Waals surface area contributed by atoms with Crippen LogP contribution in [0.2, 0.25) is 0 Å². The predicted molar refractivity (Wildman–Crippen MR) is 156 cm³/mol. The number of benzene rings is 3. The highest BCUT2D eigenvalue weighted by Gasteiger charge is 2.21. The molecule has 3 aromatic carbocycles. The molecule has 1 heterocycles. The maximum absolute atomic E-state index is 13.2. The number of imidazole rings is 1. The molecule has 0 unspecified atom stereocenters. The zero-order chi connectivity index (χ0) is 27.5. The number of anilines is 1. The Morgan fingerprint density at radius 2 is 1.85 bits per heavy atom. The van der Waals surface area contributed by atoms with Crippen LogP contribution in [0.1, 0.15) is 77.6 Å². The third-order valence-corrected chi connectivity index (χ3v) is 7.44. The number of fused-ring (bicyclic) bond motifs is 1. The molecule has 0 spiro atoms. The van der Waals surface area contributed by atoms with Gasteiger partial charge in [-0.2, -0.15) is 0 Å². The fraction of sp³-hybridized carbons (Fsp3) is 0.281. The van der Waals surface area contributed by atoms with Crippen LogP contribution in [-0.4, -0.2) is 32.6 Å². The van der Waals surface area contributed by atoms with Crippen LogP contribution in [-0.2, 0) is 0 Å². The van der Waals surface area contributed by atoms with E-state index in [9.17, 15) is 14.7 Å². The zero-order valence-corrected chi connectivity index (χ0v) is 22.4. The number of nitrogens with two attached hydrogens (primary N) is 1.